The predicted octanol–water partition coefficient (Wildman–Crippen LogP) is 3.55. The van der Waals surface area contributed by atoms with Crippen LogP contribution in [0.5, 0.6) is 11.5 Å². The summed E-state index contributed by atoms with van der Waals surface area (Å²) < 4.78 is 17.2. The highest BCUT2D eigenvalue weighted by atomic mass is 16.7. The van der Waals surface area contributed by atoms with Crippen LogP contribution < -0.4 is 15.0 Å². The van der Waals surface area contributed by atoms with Gasteiger partial charge in [-0.3, -0.25) is 10.3 Å². The summed E-state index contributed by atoms with van der Waals surface area (Å²) in [5.41, 5.74) is 4.70. The Balaban J connectivity index is 1.82. The molecule has 5 nitrogen and oxygen atoms in total. The number of benzene rings is 1. The zero-order chi connectivity index (χ0) is 17.0. The van der Waals surface area contributed by atoms with Gasteiger partial charge in [-0.25, -0.2) is 0 Å². The summed E-state index contributed by atoms with van der Waals surface area (Å²) in [7, 11) is 0. The molecule has 0 bridgehead atoms. The minimum Gasteiger partial charge on any atom is -0.490 e. The summed E-state index contributed by atoms with van der Waals surface area (Å²) in [4.78, 5) is 5.76. The van der Waals surface area contributed by atoms with E-state index in [0.717, 1.165) is 42.2 Å². The zero-order valence-corrected chi connectivity index (χ0v) is 14.8. The van der Waals surface area contributed by atoms with Gasteiger partial charge < -0.3 is 14.2 Å². The molecule has 1 spiro atoms. The van der Waals surface area contributed by atoms with Crippen LogP contribution in [0.2, 0.25) is 0 Å². The maximum absolute atomic E-state index is 5.97. The van der Waals surface area contributed by atoms with E-state index in [-0.39, 0.29) is 5.60 Å². The van der Waals surface area contributed by atoms with Crippen molar-refractivity contribution in [3.05, 3.63) is 29.8 Å². The van der Waals surface area contributed by atoms with Crippen molar-refractivity contribution in [3.63, 3.8) is 0 Å². The van der Waals surface area contributed by atoms with Crippen LogP contribution in [-0.2, 0) is 9.57 Å². The van der Waals surface area contributed by atoms with Gasteiger partial charge in [-0.15, -0.1) is 0 Å². The van der Waals surface area contributed by atoms with E-state index in [1.807, 2.05) is 18.2 Å². The molecule has 1 N–H and O–H groups in total. The summed E-state index contributed by atoms with van der Waals surface area (Å²) in [6.07, 6.45) is 3.96. The largest absolute Gasteiger partial charge is 0.490 e. The van der Waals surface area contributed by atoms with Crippen LogP contribution in [-0.4, -0.2) is 32.0 Å². The Labute approximate surface area is 143 Å². The number of hydrogen-bond donors (Lipinski definition) is 1. The van der Waals surface area contributed by atoms with E-state index >= 15 is 0 Å². The Bertz CT molecular complexity index is 591. The zero-order valence-electron chi connectivity index (χ0n) is 14.8. The molecule has 1 fully saturated rings. The van der Waals surface area contributed by atoms with Crippen LogP contribution in [0.1, 0.15) is 39.2 Å². The Morgan fingerprint density at radius 1 is 1.25 bits per heavy atom. The molecule has 1 atom stereocenters. The van der Waals surface area contributed by atoms with Crippen molar-refractivity contribution in [2.45, 2.75) is 39.2 Å². The summed E-state index contributed by atoms with van der Waals surface area (Å²) in [5, 5.41) is 0. The van der Waals surface area contributed by atoms with E-state index in [2.05, 4.69) is 32.3 Å². The van der Waals surface area contributed by atoms with Gasteiger partial charge in [0.25, 0.3) is 0 Å². The Kier molecular flexibility index (Phi) is 5.31. The number of nitrogens with one attached hydrogen (secondary N) is 1. The second-order valence-corrected chi connectivity index (χ2v) is 6.84. The van der Waals surface area contributed by atoms with E-state index < -0.39 is 0 Å². The van der Waals surface area contributed by atoms with Gasteiger partial charge in [-0.05, 0) is 36.6 Å². The van der Waals surface area contributed by atoms with Gasteiger partial charge in [-0.2, -0.15) is 0 Å². The molecule has 1 aromatic carbocycles. The second kappa shape index (κ2) is 7.45. The van der Waals surface area contributed by atoms with Gasteiger partial charge in [0.1, 0.15) is 5.60 Å². The first-order valence-corrected chi connectivity index (χ1v) is 8.76. The standard InChI is InChI=1S/C19H27NO4/c1-4-8-22-17-6-5-15(10-18(17)23-12-14(2)3)16-11-19(24-20-16)7-9-21-13-19/h5-6,10-11,14,20H,4,7-9,12-13H2,1-3H3. The first-order valence-electron chi connectivity index (χ1n) is 8.76. The highest BCUT2D eigenvalue weighted by molar-refractivity contribution is 5.68. The van der Waals surface area contributed by atoms with Crippen molar-refractivity contribution in [1.82, 2.24) is 5.48 Å². The summed E-state index contributed by atoms with van der Waals surface area (Å²) >= 11 is 0. The Hall–Kier alpha value is -1.72. The fourth-order valence-electron chi connectivity index (χ4n) is 2.75. The lowest BCUT2D eigenvalue weighted by atomic mass is 10.0. The van der Waals surface area contributed by atoms with Crippen molar-refractivity contribution >= 4 is 5.70 Å². The molecule has 1 saturated heterocycles. The lowest BCUT2D eigenvalue weighted by Crippen LogP contribution is -2.29. The monoisotopic (exact) mass is 333 g/mol. The Morgan fingerprint density at radius 2 is 2.12 bits per heavy atom. The lowest BCUT2D eigenvalue weighted by Gasteiger charge is -2.16. The fourth-order valence-corrected chi connectivity index (χ4v) is 2.75. The van der Waals surface area contributed by atoms with Gasteiger partial charge >= 0.3 is 0 Å². The molecule has 2 aliphatic heterocycles. The van der Waals surface area contributed by atoms with Crippen molar-refractivity contribution in [2.75, 3.05) is 26.4 Å². The topological polar surface area (TPSA) is 49.0 Å². The smallest absolute Gasteiger partial charge is 0.161 e. The highest BCUT2D eigenvalue weighted by Crippen LogP contribution is 2.36. The van der Waals surface area contributed by atoms with Crippen LogP contribution in [0, 0.1) is 5.92 Å². The first kappa shape index (κ1) is 17.1. The molecular formula is C19H27NO4. The van der Waals surface area contributed by atoms with Crippen LogP contribution in [0.4, 0.5) is 0 Å². The van der Waals surface area contributed by atoms with Crippen molar-refractivity contribution < 1.29 is 19.0 Å². The molecular weight excluding hydrogens is 306 g/mol. The number of hydrogen-bond acceptors (Lipinski definition) is 5. The minimum absolute atomic E-state index is 0.328. The molecule has 132 valence electrons. The third kappa shape index (κ3) is 3.84. The van der Waals surface area contributed by atoms with Crippen molar-refractivity contribution in [2.24, 2.45) is 5.92 Å². The van der Waals surface area contributed by atoms with E-state index in [4.69, 9.17) is 19.0 Å². The average molecular weight is 333 g/mol. The molecule has 0 aromatic heterocycles. The van der Waals surface area contributed by atoms with Gasteiger partial charge in [-0.1, -0.05) is 20.8 Å². The van der Waals surface area contributed by atoms with E-state index in [0.29, 0.717) is 25.7 Å². The maximum atomic E-state index is 5.97. The summed E-state index contributed by atoms with van der Waals surface area (Å²) in [5.74, 6) is 2.03. The van der Waals surface area contributed by atoms with Gasteiger partial charge in [0.15, 0.2) is 11.5 Å². The van der Waals surface area contributed by atoms with Crippen LogP contribution in [0.15, 0.2) is 24.3 Å². The minimum atomic E-state index is -0.328. The quantitative estimate of drug-likeness (QED) is 0.827. The molecule has 5 heteroatoms. The second-order valence-electron chi connectivity index (χ2n) is 6.84. The maximum Gasteiger partial charge on any atom is 0.161 e. The van der Waals surface area contributed by atoms with Gasteiger partial charge in [0, 0.05) is 18.6 Å². The van der Waals surface area contributed by atoms with Gasteiger partial charge in [0.2, 0.25) is 0 Å². The molecule has 0 radical (unpaired) electrons. The molecule has 1 aromatic rings. The first-order chi connectivity index (χ1) is 11.6. The van der Waals surface area contributed by atoms with Crippen molar-refractivity contribution in [3.8, 4) is 11.5 Å². The molecule has 24 heavy (non-hydrogen) atoms. The van der Waals surface area contributed by atoms with E-state index in [9.17, 15) is 0 Å². The predicted molar refractivity (Wildman–Crippen MR) is 92.9 cm³/mol. The SMILES string of the molecule is CCCOc1ccc(C2=CC3(CCOC3)ON2)cc1OCC(C)C. The summed E-state index contributed by atoms with van der Waals surface area (Å²) in [6.45, 7) is 9.03. The van der Waals surface area contributed by atoms with E-state index in [1.54, 1.807) is 0 Å². The molecule has 1 unspecified atom stereocenters. The van der Waals surface area contributed by atoms with Crippen molar-refractivity contribution in [1.29, 1.82) is 0 Å². The number of hydroxylamine groups is 1. The highest BCUT2D eigenvalue weighted by Gasteiger charge is 2.39. The molecule has 0 aliphatic carbocycles. The molecule has 2 aliphatic rings. The molecule has 3 rings (SSSR count). The molecule has 0 saturated carbocycles. The number of ether oxygens (including phenoxy) is 3. The van der Waals surface area contributed by atoms with Crippen LogP contribution in [0.25, 0.3) is 5.70 Å². The fraction of sp³-hybridized carbons (Fsp3) is 0.579. The lowest BCUT2D eigenvalue weighted by molar-refractivity contribution is -0.0373. The van der Waals surface area contributed by atoms with E-state index in [1.165, 1.54) is 0 Å². The van der Waals surface area contributed by atoms with Crippen LogP contribution >= 0.6 is 0 Å². The number of rotatable bonds is 7. The average Bonchev–Trinajstić information content (AvgIpc) is 3.21. The normalized spacial score (nSPS) is 22.8. The third-order valence-corrected chi connectivity index (χ3v) is 4.08. The van der Waals surface area contributed by atoms with Gasteiger partial charge in [0.05, 0.1) is 25.5 Å². The molecule has 2 heterocycles. The Morgan fingerprint density at radius 3 is 2.83 bits per heavy atom. The molecule has 0 amide bonds. The summed E-state index contributed by atoms with van der Waals surface area (Å²) in [6, 6.07) is 6.02. The third-order valence-electron chi connectivity index (χ3n) is 4.08. The van der Waals surface area contributed by atoms with Crippen LogP contribution in [0.3, 0.4) is 0 Å².